The van der Waals surface area contributed by atoms with E-state index in [9.17, 15) is 13.2 Å². The fourth-order valence-electron chi connectivity index (χ4n) is 2.93. The van der Waals surface area contributed by atoms with Gasteiger partial charge in [0.05, 0.1) is 12.1 Å². The number of ether oxygens (including phenoxy) is 1. The standard InChI is InChI=1S/C19H24F3N7O/c1-2-23-17(28-9-11-29(12-10-28)18-24-6-3-7-25-18)26-8-13-30-16-5-4-15(14-27-16)19(20,21)22/h3-7,14H,2,8-13H2,1H3,(H,23,26). The van der Waals surface area contributed by atoms with E-state index in [0.29, 0.717) is 6.54 Å². The van der Waals surface area contributed by atoms with Crippen molar-refractivity contribution >= 4 is 11.9 Å². The van der Waals surface area contributed by atoms with E-state index < -0.39 is 11.7 Å². The van der Waals surface area contributed by atoms with E-state index >= 15 is 0 Å². The average Bonchev–Trinajstić information content (AvgIpc) is 2.76. The molecule has 0 atom stereocenters. The van der Waals surface area contributed by atoms with Crippen LogP contribution >= 0.6 is 0 Å². The normalized spacial score (nSPS) is 15.3. The van der Waals surface area contributed by atoms with Crippen LogP contribution in [0.4, 0.5) is 19.1 Å². The van der Waals surface area contributed by atoms with Gasteiger partial charge in [-0.15, -0.1) is 0 Å². The van der Waals surface area contributed by atoms with Gasteiger partial charge in [0.2, 0.25) is 11.8 Å². The number of piperazine rings is 1. The first-order valence-electron chi connectivity index (χ1n) is 9.68. The van der Waals surface area contributed by atoms with E-state index in [1.54, 1.807) is 18.5 Å². The van der Waals surface area contributed by atoms with Crippen molar-refractivity contribution in [1.82, 2.24) is 25.2 Å². The number of anilines is 1. The van der Waals surface area contributed by atoms with Crippen LogP contribution in [-0.2, 0) is 6.18 Å². The van der Waals surface area contributed by atoms with Crippen LogP contribution in [0.5, 0.6) is 5.88 Å². The summed E-state index contributed by atoms with van der Waals surface area (Å²) < 4.78 is 43.1. The molecular weight excluding hydrogens is 399 g/mol. The number of pyridine rings is 1. The highest BCUT2D eigenvalue weighted by atomic mass is 19.4. The van der Waals surface area contributed by atoms with Crippen molar-refractivity contribution in [3.05, 3.63) is 42.4 Å². The summed E-state index contributed by atoms with van der Waals surface area (Å²) in [5.74, 6) is 1.63. The number of guanidine groups is 1. The molecule has 1 aliphatic rings. The number of hydrogen-bond acceptors (Lipinski definition) is 6. The van der Waals surface area contributed by atoms with Gasteiger partial charge in [-0.05, 0) is 19.1 Å². The van der Waals surface area contributed by atoms with Gasteiger partial charge in [0, 0.05) is 57.4 Å². The van der Waals surface area contributed by atoms with Gasteiger partial charge in [-0.2, -0.15) is 13.2 Å². The predicted molar refractivity (Wildman–Crippen MR) is 107 cm³/mol. The molecule has 0 spiro atoms. The highest BCUT2D eigenvalue weighted by Gasteiger charge is 2.30. The predicted octanol–water partition coefficient (Wildman–Crippen LogP) is 2.06. The molecule has 2 aromatic rings. The molecule has 11 heteroatoms. The number of aliphatic imine (C=N–C) groups is 1. The number of nitrogens with zero attached hydrogens (tertiary/aromatic N) is 6. The molecule has 1 N–H and O–H groups in total. The zero-order chi connectivity index (χ0) is 21.4. The Balaban J connectivity index is 1.49. The van der Waals surface area contributed by atoms with Crippen molar-refractivity contribution in [2.75, 3.05) is 50.8 Å². The van der Waals surface area contributed by atoms with Crippen LogP contribution in [-0.4, -0.2) is 71.7 Å². The molecule has 0 aromatic carbocycles. The summed E-state index contributed by atoms with van der Waals surface area (Å²) in [7, 11) is 0. The van der Waals surface area contributed by atoms with Crippen molar-refractivity contribution in [2.45, 2.75) is 13.1 Å². The Morgan fingerprint density at radius 2 is 1.87 bits per heavy atom. The largest absolute Gasteiger partial charge is 0.476 e. The van der Waals surface area contributed by atoms with Crippen LogP contribution in [0.15, 0.2) is 41.8 Å². The zero-order valence-electron chi connectivity index (χ0n) is 16.6. The minimum Gasteiger partial charge on any atom is -0.476 e. The van der Waals surface area contributed by atoms with Gasteiger partial charge < -0.3 is 19.9 Å². The third-order valence-corrected chi connectivity index (χ3v) is 4.42. The lowest BCUT2D eigenvalue weighted by atomic mass is 10.3. The van der Waals surface area contributed by atoms with E-state index in [0.717, 1.165) is 56.9 Å². The highest BCUT2D eigenvalue weighted by Crippen LogP contribution is 2.29. The molecule has 2 aromatic heterocycles. The molecule has 0 saturated carbocycles. The smallest absolute Gasteiger partial charge is 0.417 e. The maximum Gasteiger partial charge on any atom is 0.417 e. The number of rotatable bonds is 6. The maximum atomic E-state index is 12.6. The van der Waals surface area contributed by atoms with E-state index in [1.165, 1.54) is 6.07 Å². The SMILES string of the molecule is CCNC(=NCCOc1ccc(C(F)(F)F)cn1)N1CCN(c2ncccn2)CC1. The van der Waals surface area contributed by atoms with Crippen molar-refractivity contribution in [3.63, 3.8) is 0 Å². The van der Waals surface area contributed by atoms with Gasteiger partial charge in [-0.3, -0.25) is 0 Å². The lowest BCUT2D eigenvalue weighted by Crippen LogP contribution is -2.53. The number of nitrogens with one attached hydrogen (secondary N) is 1. The summed E-state index contributed by atoms with van der Waals surface area (Å²) in [6.07, 6.45) is -0.191. The molecule has 0 radical (unpaired) electrons. The first-order valence-corrected chi connectivity index (χ1v) is 9.68. The van der Waals surface area contributed by atoms with Gasteiger partial charge in [-0.25, -0.2) is 19.9 Å². The quantitative estimate of drug-likeness (QED) is 0.433. The lowest BCUT2D eigenvalue weighted by molar-refractivity contribution is -0.137. The van der Waals surface area contributed by atoms with E-state index in [2.05, 4.69) is 35.1 Å². The molecule has 3 heterocycles. The Bertz CT molecular complexity index is 807. The molecular formula is C19H24F3N7O. The minimum absolute atomic E-state index is 0.139. The van der Waals surface area contributed by atoms with Gasteiger partial charge in [0.25, 0.3) is 0 Å². The molecule has 1 saturated heterocycles. The van der Waals surface area contributed by atoms with Gasteiger partial charge in [-0.1, -0.05) is 0 Å². The van der Waals surface area contributed by atoms with Gasteiger partial charge in [0.1, 0.15) is 6.61 Å². The second kappa shape index (κ2) is 10.1. The molecule has 0 bridgehead atoms. The van der Waals surface area contributed by atoms with Crippen molar-refractivity contribution in [1.29, 1.82) is 0 Å². The maximum absolute atomic E-state index is 12.6. The van der Waals surface area contributed by atoms with Crippen LogP contribution in [0.2, 0.25) is 0 Å². The minimum atomic E-state index is -4.41. The summed E-state index contributed by atoms with van der Waals surface area (Å²) in [4.78, 5) is 21.1. The summed E-state index contributed by atoms with van der Waals surface area (Å²) in [5, 5.41) is 3.26. The molecule has 8 nitrogen and oxygen atoms in total. The fraction of sp³-hybridized carbons (Fsp3) is 0.474. The summed E-state index contributed by atoms with van der Waals surface area (Å²) in [5.41, 5.74) is -0.803. The van der Waals surface area contributed by atoms with E-state index in [4.69, 9.17) is 4.74 Å². The molecule has 1 fully saturated rings. The third-order valence-electron chi connectivity index (χ3n) is 4.42. The number of halogens is 3. The van der Waals surface area contributed by atoms with Gasteiger partial charge >= 0.3 is 6.18 Å². The van der Waals surface area contributed by atoms with Crippen molar-refractivity contribution in [3.8, 4) is 5.88 Å². The number of hydrogen-bond donors (Lipinski definition) is 1. The Morgan fingerprint density at radius 3 is 2.47 bits per heavy atom. The highest BCUT2D eigenvalue weighted by molar-refractivity contribution is 5.80. The summed E-state index contributed by atoms with van der Waals surface area (Å²) in [6, 6.07) is 3.95. The molecule has 30 heavy (non-hydrogen) atoms. The Morgan fingerprint density at radius 1 is 1.13 bits per heavy atom. The monoisotopic (exact) mass is 423 g/mol. The van der Waals surface area contributed by atoms with Crippen molar-refractivity contribution in [2.24, 2.45) is 4.99 Å². The lowest BCUT2D eigenvalue weighted by Gasteiger charge is -2.36. The van der Waals surface area contributed by atoms with Gasteiger partial charge in [0.15, 0.2) is 5.96 Å². The van der Waals surface area contributed by atoms with Crippen LogP contribution in [0, 0.1) is 0 Å². The van der Waals surface area contributed by atoms with Crippen LogP contribution in [0.1, 0.15) is 12.5 Å². The van der Waals surface area contributed by atoms with Crippen LogP contribution < -0.4 is 15.0 Å². The molecule has 3 rings (SSSR count). The topological polar surface area (TPSA) is 78.8 Å². The first-order chi connectivity index (χ1) is 14.5. The van der Waals surface area contributed by atoms with E-state index in [1.807, 2.05) is 6.92 Å². The second-order valence-corrected chi connectivity index (χ2v) is 6.49. The Kier molecular flexibility index (Phi) is 7.26. The summed E-state index contributed by atoms with van der Waals surface area (Å²) in [6.45, 7) is 6.38. The molecule has 0 unspecified atom stereocenters. The number of alkyl halides is 3. The number of aromatic nitrogens is 3. The van der Waals surface area contributed by atoms with E-state index in [-0.39, 0.29) is 12.5 Å². The molecule has 162 valence electrons. The zero-order valence-corrected chi connectivity index (χ0v) is 16.6. The average molecular weight is 423 g/mol. The molecule has 0 aliphatic carbocycles. The Hall–Kier alpha value is -3.11. The first kappa shape index (κ1) is 21.6. The molecule has 1 aliphatic heterocycles. The van der Waals surface area contributed by atoms with Crippen molar-refractivity contribution < 1.29 is 17.9 Å². The van der Waals surface area contributed by atoms with Crippen LogP contribution in [0.25, 0.3) is 0 Å². The third kappa shape index (κ3) is 5.94. The van der Waals surface area contributed by atoms with Crippen LogP contribution in [0.3, 0.4) is 0 Å². The molecule has 0 amide bonds. The fourth-order valence-corrected chi connectivity index (χ4v) is 2.93. The summed E-state index contributed by atoms with van der Waals surface area (Å²) >= 11 is 0. The Labute approximate surface area is 172 Å². The second-order valence-electron chi connectivity index (χ2n) is 6.49.